The third-order valence-electron chi connectivity index (χ3n) is 2.36. The van der Waals surface area contributed by atoms with Crippen LogP contribution < -0.4 is 0 Å². The predicted octanol–water partition coefficient (Wildman–Crippen LogP) is 1.69. The van der Waals surface area contributed by atoms with E-state index in [0.29, 0.717) is 0 Å². The van der Waals surface area contributed by atoms with Gasteiger partial charge in [0.25, 0.3) is 0 Å². The van der Waals surface area contributed by atoms with E-state index in [2.05, 4.69) is 17.1 Å². The molecule has 0 spiro atoms. The number of rotatable bonds is 1. The number of dihydropyridines is 1. The van der Waals surface area contributed by atoms with Gasteiger partial charge in [0.15, 0.2) is 5.90 Å². The Kier molecular flexibility index (Phi) is 2.39. The summed E-state index contributed by atoms with van der Waals surface area (Å²) in [5.74, 6) is 1.61. The van der Waals surface area contributed by atoms with Crippen molar-refractivity contribution >= 4 is 5.90 Å². The van der Waals surface area contributed by atoms with E-state index in [0.717, 1.165) is 11.7 Å². The molecule has 74 valence electrons. The number of fused-ring (bicyclic) bond motifs is 1. The van der Waals surface area contributed by atoms with Crippen LogP contribution in [0.15, 0.2) is 41.1 Å². The van der Waals surface area contributed by atoms with Crippen molar-refractivity contribution in [1.29, 1.82) is 0 Å². The monoisotopic (exact) mass is 191 g/mol. The number of methoxy groups -OCH3 is 2. The minimum Gasteiger partial charge on any atom is -0.500 e. The van der Waals surface area contributed by atoms with Crippen LogP contribution in [0.4, 0.5) is 0 Å². The van der Waals surface area contributed by atoms with Gasteiger partial charge in [-0.05, 0) is 6.08 Å². The maximum atomic E-state index is 5.28. The molecular formula is C11H13NO2. The Morgan fingerprint density at radius 3 is 2.71 bits per heavy atom. The Hall–Kier alpha value is -1.51. The quantitative estimate of drug-likeness (QED) is 0.590. The highest BCUT2D eigenvalue weighted by atomic mass is 16.5. The van der Waals surface area contributed by atoms with Gasteiger partial charge in [-0.15, -0.1) is 0 Å². The summed E-state index contributed by atoms with van der Waals surface area (Å²) >= 11 is 0. The van der Waals surface area contributed by atoms with E-state index in [9.17, 15) is 0 Å². The van der Waals surface area contributed by atoms with Crippen molar-refractivity contribution in [3.8, 4) is 0 Å². The van der Waals surface area contributed by atoms with Gasteiger partial charge in [0, 0.05) is 0 Å². The minimum atomic E-state index is 0.0335. The smallest absolute Gasteiger partial charge is 0.198 e. The molecule has 3 nitrogen and oxygen atoms in total. The van der Waals surface area contributed by atoms with Crippen LogP contribution in [-0.2, 0) is 9.47 Å². The first kappa shape index (κ1) is 9.06. The molecule has 2 bridgehead atoms. The summed E-state index contributed by atoms with van der Waals surface area (Å²) in [6.07, 6.45) is 10.0. The molecule has 3 aliphatic rings. The minimum absolute atomic E-state index is 0.0335. The fourth-order valence-electron chi connectivity index (χ4n) is 1.64. The lowest BCUT2D eigenvalue weighted by Gasteiger charge is -2.23. The van der Waals surface area contributed by atoms with Crippen molar-refractivity contribution in [2.75, 3.05) is 14.2 Å². The van der Waals surface area contributed by atoms with Gasteiger partial charge in [0.1, 0.15) is 11.7 Å². The molecule has 14 heavy (non-hydrogen) atoms. The zero-order valence-electron chi connectivity index (χ0n) is 8.31. The first-order valence-corrected chi connectivity index (χ1v) is 4.57. The lowest BCUT2D eigenvalue weighted by atomic mass is 9.99. The molecule has 0 unspecified atom stereocenters. The predicted molar refractivity (Wildman–Crippen MR) is 55.1 cm³/mol. The Balaban J connectivity index is 2.40. The first-order chi connectivity index (χ1) is 6.85. The number of ether oxygens (including phenoxy) is 2. The van der Waals surface area contributed by atoms with Gasteiger partial charge in [-0.25, -0.2) is 4.99 Å². The highest BCUT2D eigenvalue weighted by Crippen LogP contribution is 2.24. The number of aliphatic imine (C=N–C) groups is 1. The Labute approximate surface area is 83.4 Å². The molecule has 0 saturated carbocycles. The summed E-state index contributed by atoms with van der Waals surface area (Å²) in [5, 5.41) is 0. The zero-order valence-corrected chi connectivity index (χ0v) is 8.31. The Morgan fingerprint density at radius 1 is 1.14 bits per heavy atom. The van der Waals surface area contributed by atoms with Gasteiger partial charge in [-0.1, -0.05) is 24.3 Å². The molecule has 0 aromatic rings. The van der Waals surface area contributed by atoms with Crippen molar-refractivity contribution in [2.45, 2.75) is 6.04 Å². The van der Waals surface area contributed by atoms with Gasteiger partial charge in [0.05, 0.1) is 20.3 Å². The second-order valence-corrected chi connectivity index (χ2v) is 3.18. The molecule has 0 fully saturated rings. The normalized spacial score (nSPS) is 29.0. The number of hydrogen-bond acceptors (Lipinski definition) is 3. The van der Waals surface area contributed by atoms with Gasteiger partial charge >= 0.3 is 0 Å². The van der Waals surface area contributed by atoms with Crippen LogP contribution in [-0.4, -0.2) is 26.2 Å². The van der Waals surface area contributed by atoms with Crippen LogP contribution in [0.2, 0.25) is 0 Å². The molecule has 1 aliphatic carbocycles. The maximum absolute atomic E-state index is 5.28. The number of allylic oxidation sites excluding steroid dienone is 2. The molecule has 3 rings (SSSR count). The van der Waals surface area contributed by atoms with Crippen molar-refractivity contribution < 1.29 is 9.47 Å². The van der Waals surface area contributed by atoms with E-state index in [-0.39, 0.29) is 12.0 Å². The molecule has 0 radical (unpaired) electrons. The van der Waals surface area contributed by atoms with Gasteiger partial charge in [0.2, 0.25) is 0 Å². The third-order valence-corrected chi connectivity index (χ3v) is 2.36. The highest BCUT2D eigenvalue weighted by molar-refractivity contribution is 5.84. The standard InChI is InChI=1S/C11H13NO2/c1-13-10-5-3-4-8-6-7-9(10)11(12-8)14-2/h3-9H,1-2H3/t8-,9-/m1/s1. The molecule has 3 heteroatoms. The van der Waals surface area contributed by atoms with Crippen LogP contribution in [0.25, 0.3) is 0 Å². The fourth-order valence-corrected chi connectivity index (χ4v) is 1.64. The van der Waals surface area contributed by atoms with E-state index in [1.165, 1.54) is 0 Å². The first-order valence-electron chi connectivity index (χ1n) is 4.57. The Bertz CT molecular complexity index is 339. The number of hydrogen-bond donors (Lipinski definition) is 0. The van der Waals surface area contributed by atoms with Crippen LogP contribution in [0.5, 0.6) is 0 Å². The van der Waals surface area contributed by atoms with Gasteiger partial charge in [-0.3, -0.25) is 0 Å². The van der Waals surface area contributed by atoms with Crippen LogP contribution in [0, 0.1) is 5.92 Å². The second-order valence-electron chi connectivity index (χ2n) is 3.18. The molecular weight excluding hydrogens is 178 g/mol. The fraction of sp³-hybridized carbons (Fsp3) is 0.364. The summed E-state index contributed by atoms with van der Waals surface area (Å²) in [5.41, 5.74) is 0. The Morgan fingerprint density at radius 2 is 2.00 bits per heavy atom. The van der Waals surface area contributed by atoms with Crippen molar-refractivity contribution in [3.05, 3.63) is 36.1 Å². The van der Waals surface area contributed by atoms with Crippen LogP contribution >= 0.6 is 0 Å². The summed E-state index contributed by atoms with van der Waals surface area (Å²) in [7, 11) is 3.30. The summed E-state index contributed by atoms with van der Waals surface area (Å²) < 4.78 is 10.5. The van der Waals surface area contributed by atoms with E-state index in [4.69, 9.17) is 9.47 Å². The zero-order chi connectivity index (χ0) is 9.97. The molecule has 0 aromatic carbocycles. The second kappa shape index (κ2) is 3.70. The summed E-state index contributed by atoms with van der Waals surface area (Å²) in [4.78, 5) is 4.42. The molecule has 0 saturated heterocycles. The largest absolute Gasteiger partial charge is 0.500 e. The molecule has 0 amide bonds. The third kappa shape index (κ3) is 1.45. The lowest BCUT2D eigenvalue weighted by Crippen LogP contribution is -2.24. The molecule has 0 aromatic heterocycles. The average Bonchev–Trinajstić information content (AvgIpc) is 2.19. The van der Waals surface area contributed by atoms with Crippen LogP contribution in [0.1, 0.15) is 0 Å². The number of nitrogens with zero attached hydrogens (tertiary/aromatic N) is 1. The van der Waals surface area contributed by atoms with E-state index in [1.54, 1.807) is 14.2 Å². The summed E-state index contributed by atoms with van der Waals surface area (Å²) in [6, 6.07) is 0.107. The molecule has 0 N–H and O–H groups in total. The summed E-state index contributed by atoms with van der Waals surface area (Å²) in [6.45, 7) is 0. The lowest BCUT2D eigenvalue weighted by molar-refractivity contribution is 0.258. The van der Waals surface area contributed by atoms with E-state index in [1.807, 2.05) is 18.2 Å². The van der Waals surface area contributed by atoms with Gasteiger partial charge < -0.3 is 9.47 Å². The van der Waals surface area contributed by atoms with Crippen LogP contribution in [0.3, 0.4) is 0 Å². The highest BCUT2D eigenvalue weighted by Gasteiger charge is 2.25. The molecule has 2 atom stereocenters. The average molecular weight is 191 g/mol. The SMILES string of the molecule is COC1=CC=C[C@@H]2C=C[C@H]1C(OC)=N2. The van der Waals surface area contributed by atoms with E-state index < -0.39 is 0 Å². The van der Waals surface area contributed by atoms with Gasteiger partial charge in [-0.2, -0.15) is 0 Å². The maximum Gasteiger partial charge on any atom is 0.198 e. The molecule has 2 heterocycles. The molecule has 2 aliphatic heterocycles. The van der Waals surface area contributed by atoms with Crippen molar-refractivity contribution in [1.82, 2.24) is 0 Å². The van der Waals surface area contributed by atoms with Crippen molar-refractivity contribution in [2.24, 2.45) is 10.9 Å². The van der Waals surface area contributed by atoms with E-state index >= 15 is 0 Å². The van der Waals surface area contributed by atoms with Crippen molar-refractivity contribution in [3.63, 3.8) is 0 Å². The topological polar surface area (TPSA) is 30.8 Å².